The summed E-state index contributed by atoms with van der Waals surface area (Å²) >= 11 is 1.24. The third kappa shape index (κ3) is 4.12. The zero-order valence-electron chi connectivity index (χ0n) is 14.4. The Kier molecular flexibility index (Phi) is 5.41. The van der Waals surface area contributed by atoms with E-state index in [1.165, 1.54) is 17.6 Å². The zero-order chi connectivity index (χ0) is 18.7. The maximum atomic E-state index is 12.4. The fourth-order valence-electron chi connectivity index (χ4n) is 2.41. The first kappa shape index (κ1) is 18.6. The van der Waals surface area contributed by atoms with Crippen molar-refractivity contribution in [1.82, 2.24) is 4.72 Å². The van der Waals surface area contributed by atoms with Gasteiger partial charge in [-0.25, -0.2) is 13.1 Å². The third-order valence-corrected chi connectivity index (χ3v) is 6.43. The van der Waals surface area contributed by atoms with Gasteiger partial charge < -0.3 is 4.42 Å². The maximum absolute atomic E-state index is 12.4. The van der Waals surface area contributed by atoms with Gasteiger partial charge in [-0.1, -0.05) is 26.0 Å². The molecular weight excluding hydrogens is 370 g/mol. The number of carbonyl (C=O) groups is 1. The second-order valence-electron chi connectivity index (χ2n) is 6.12. The molecule has 0 unspecified atom stereocenters. The number of rotatable bonds is 7. The topological polar surface area (TPSA) is 76.4 Å². The quantitative estimate of drug-likeness (QED) is 0.615. The molecule has 0 aliphatic rings. The summed E-state index contributed by atoms with van der Waals surface area (Å²) in [5, 5.41) is 0. The number of benzene rings is 1. The van der Waals surface area contributed by atoms with E-state index in [1.54, 1.807) is 36.4 Å². The first-order valence-electron chi connectivity index (χ1n) is 8.13. The second kappa shape index (κ2) is 7.57. The lowest BCUT2D eigenvalue weighted by molar-refractivity contribution is 0.101. The molecule has 0 amide bonds. The average Bonchev–Trinajstić information content (AvgIpc) is 3.31. The van der Waals surface area contributed by atoms with E-state index in [9.17, 15) is 13.2 Å². The highest BCUT2D eigenvalue weighted by atomic mass is 32.2. The van der Waals surface area contributed by atoms with E-state index in [-0.39, 0.29) is 23.0 Å². The molecule has 0 aliphatic carbocycles. The van der Waals surface area contributed by atoms with Crippen LogP contribution in [0.4, 0.5) is 0 Å². The van der Waals surface area contributed by atoms with Crippen molar-refractivity contribution in [3.8, 4) is 0 Å². The molecule has 0 aliphatic heterocycles. The van der Waals surface area contributed by atoms with E-state index in [1.807, 2.05) is 12.1 Å². The molecule has 26 heavy (non-hydrogen) atoms. The van der Waals surface area contributed by atoms with Crippen LogP contribution >= 0.6 is 11.3 Å². The minimum Gasteiger partial charge on any atom is -0.461 e. The van der Waals surface area contributed by atoms with Gasteiger partial charge in [-0.05, 0) is 47.9 Å². The third-order valence-electron chi connectivity index (χ3n) is 3.92. The lowest BCUT2D eigenvalue weighted by atomic mass is 10.0. The molecular formula is C19H19NO4S2. The molecule has 1 N–H and O–H groups in total. The highest BCUT2D eigenvalue weighted by molar-refractivity contribution is 7.89. The first-order valence-corrected chi connectivity index (χ1v) is 10.4. The summed E-state index contributed by atoms with van der Waals surface area (Å²) < 4.78 is 32.5. The predicted octanol–water partition coefficient (Wildman–Crippen LogP) is 4.17. The van der Waals surface area contributed by atoms with Crippen LogP contribution in [0.2, 0.25) is 0 Å². The van der Waals surface area contributed by atoms with E-state index >= 15 is 0 Å². The number of sulfonamides is 1. The van der Waals surface area contributed by atoms with Crippen molar-refractivity contribution in [1.29, 1.82) is 0 Å². The van der Waals surface area contributed by atoms with E-state index in [2.05, 4.69) is 18.6 Å². The number of hydrogen-bond acceptors (Lipinski definition) is 5. The molecule has 2 heterocycles. The van der Waals surface area contributed by atoms with Crippen LogP contribution in [0.3, 0.4) is 0 Å². The van der Waals surface area contributed by atoms with Gasteiger partial charge in [0.2, 0.25) is 15.8 Å². The normalized spacial score (nSPS) is 11.8. The van der Waals surface area contributed by atoms with E-state index in [0.717, 1.165) is 10.4 Å². The average molecular weight is 389 g/mol. The lowest BCUT2D eigenvalue weighted by Gasteiger charge is -2.08. The van der Waals surface area contributed by atoms with Crippen LogP contribution in [0.1, 0.15) is 45.6 Å². The van der Waals surface area contributed by atoms with Crippen molar-refractivity contribution in [2.75, 3.05) is 0 Å². The number of hydrogen-bond donors (Lipinski definition) is 1. The standard InChI is InChI=1S/C19H19NO4S2/c1-13(2)14-5-8-16(9-6-14)26(22,23)20-12-15-7-10-18(25-15)19(21)17-4-3-11-24-17/h3-11,13,20H,12H2,1-2H3. The monoisotopic (exact) mass is 389 g/mol. The molecule has 0 spiro atoms. The van der Waals surface area contributed by atoms with Gasteiger partial charge in [0.05, 0.1) is 16.0 Å². The van der Waals surface area contributed by atoms with Crippen LogP contribution in [-0.4, -0.2) is 14.2 Å². The highest BCUT2D eigenvalue weighted by Crippen LogP contribution is 2.21. The maximum Gasteiger partial charge on any atom is 0.240 e. The van der Waals surface area contributed by atoms with Gasteiger partial charge in [0.1, 0.15) is 0 Å². The SMILES string of the molecule is CC(C)c1ccc(S(=O)(=O)NCc2ccc(C(=O)c3ccco3)s2)cc1. The Morgan fingerprint density at radius 1 is 1.12 bits per heavy atom. The largest absolute Gasteiger partial charge is 0.461 e. The van der Waals surface area contributed by atoms with Crippen molar-refractivity contribution < 1.29 is 17.6 Å². The van der Waals surface area contributed by atoms with Crippen LogP contribution < -0.4 is 4.72 Å². The van der Waals surface area contributed by atoms with Crippen molar-refractivity contribution in [3.63, 3.8) is 0 Å². The molecule has 1 aromatic carbocycles. The molecule has 2 aromatic heterocycles. The molecule has 0 atom stereocenters. The van der Waals surface area contributed by atoms with Crippen LogP contribution in [0, 0.1) is 0 Å². The molecule has 7 heteroatoms. The zero-order valence-corrected chi connectivity index (χ0v) is 16.1. The van der Waals surface area contributed by atoms with E-state index in [0.29, 0.717) is 10.8 Å². The molecule has 0 radical (unpaired) electrons. The number of thiophene rings is 1. The lowest BCUT2D eigenvalue weighted by Crippen LogP contribution is -2.22. The Balaban J connectivity index is 1.67. The summed E-state index contributed by atoms with van der Waals surface area (Å²) in [4.78, 5) is 13.7. The van der Waals surface area contributed by atoms with Crippen molar-refractivity contribution in [2.45, 2.75) is 31.2 Å². The summed E-state index contributed by atoms with van der Waals surface area (Å²) in [5.74, 6) is 0.401. The molecule has 0 bridgehead atoms. The Morgan fingerprint density at radius 3 is 2.46 bits per heavy atom. The van der Waals surface area contributed by atoms with Crippen molar-refractivity contribution in [3.05, 3.63) is 75.9 Å². The number of carbonyl (C=O) groups excluding carboxylic acids is 1. The van der Waals surface area contributed by atoms with Crippen LogP contribution in [-0.2, 0) is 16.6 Å². The van der Waals surface area contributed by atoms with Gasteiger partial charge in [-0.3, -0.25) is 4.79 Å². The van der Waals surface area contributed by atoms with Crippen LogP contribution in [0.5, 0.6) is 0 Å². The molecule has 5 nitrogen and oxygen atoms in total. The summed E-state index contributed by atoms with van der Waals surface area (Å²) in [6, 6.07) is 13.5. The Bertz CT molecular complexity index is 985. The van der Waals surface area contributed by atoms with Gasteiger partial charge in [0, 0.05) is 11.4 Å². The molecule has 0 saturated heterocycles. The van der Waals surface area contributed by atoms with E-state index < -0.39 is 10.0 Å². The smallest absolute Gasteiger partial charge is 0.240 e. The van der Waals surface area contributed by atoms with Crippen LogP contribution in [0.15, 0.2) is 64.1 Å². The van der Waals surface area contributed by atoms with Gasteiger partial charge >= 0.3 is 0 Å². The molecule has 0 saturated carbocycles. The molecule has 3 aromatic rings. The first-order chi connectivity index (χ1) is 12.4. The summed E-state index contributed by atoms with van der Waals surface area (Å²) in [7, 11) is -3.60. The highest BCUT2D eigenvalue weighted by Gasteiger charge is 2.17. The molecule has 136 valence electrons. The van der Waals surface area contributed by atoms with Gasteiger partial charge in [0.25, 0.3) is 0 Å². The van der Waals surface area contributed by atoms with Gasteiger partial charge in [-0.2, -0.15) is 0 Å². The summed E-state index contributed by atoms with van der Waals surface area (Å²) in [6.45, 7) is 4.24. The fourth-order valence-corrected chi connectivity index (χ4v) is 4.40. The number of furan rings is 1. The van der Waals surface area contributed by atoms with Gasteiger partial charge in [0.15, 0.2) is 5.76 Å². The van der Waals surface area contributed by atoms with Crippen LogP contribution in [0.25, 0.3) is 0 Å². The number of nitrogens with one attached hydrogen (secondary N) is 1. The van der Waals surface area contributed by atoms with Crippen molar-refractivity contribution >= 4 is 27.1 Å². The summed E-state index contributed by atoms with van der Waals surface area (Å²) in [6.07, 6.45) is 1.44. The Morgan fingerprint density at radius 2 is 1.85 bits per heavy atom. The minimum absolute atomic E-state index is 0.129. The van der Waals surface area contributed by atoms with Gasteiger partial charge in [-0.15, -0.1) is 11.3 Å². The van der Waals surface area contributed by atoms with Crippen molar-refractivity contribution in [2.24, 2.45) is 0 Å². The second-order valence-corrected chi connectivity index (χ2v) is 9.06. The predicted molar refractivity (Wildman–Crippen MR) is 101 cm³/mol. The summed E-state index contributed by atoms with van der Waals surface area (Å²) in [5.41, 5.74) is 1.09. The number of ketones is 1. The Hall–Kier alpha value is -2.22. The fraction of sp³-hybridized carbons (Fsp3) is 0.211. The molecule has 0 fully saturated rings. The van der Waals surface area contributed by atoms with E-state index in [4.69, 9.17) is 4.42 Å². The Labute approximate surface area is 156 Å². The minimum atomic E-state index is -3.60. The molecule has 3 rings (SSSR count).